The molecule has 2 amide bonds. The van der Waals surface area contributed by atoms with E-state index in [1.54, 1.807) is 0 Å². The summed E-state index contributed by atoms with van der Waals surface area (Å²) in [6, 6.07) is 2.27. The Morgan fingerprint density at radius 1 is 1.07 bits per heavy atom. The summed E-state index contributed by atoms with van der Waals surface area (Å²) >= 11 is 0. The molecule has 5 rings (SSSR count). The van der Waals surface area contributed by atoms with Crippen LogP contribution in [0.5, 0.6) is 0 Å². The van der Waals surface area contributed by atoms with Gasteiger partial charge in [0.05, 0.1) is 23.4 Å². The summed E-state index contributed by atoms with van der Waals surface area (Å²) in [6.45, 7) is 5.67. The molecule has 2 aliphatic heterocycles. The minimum Gasteiger partial charge on any atom is -0.345 e. The molecular weight excluding hydrogens is 352 g/mol. The zero-order chi connectivity index (χ0) is 19.1. The van der Waals surface area contributed by atoms with Crippen molar-refractivity contribution in [3.63, 3.8) is 0 Å². The van der Waals surface area contributed by atoms with E-state index in [1.165, 1.54) is 12.8 Å². The first kappa shape index (κ1) is 17.5. The van der Waals surface area contributed by atoms with Gasteiger partial charge in [-0.25, -0.2) is 14.8 Å². The number of piperidine rings is 1. The van der Waals surface area contributed by atoms with E-state index in [0.717, 1.165) is 67.9 Å². The number of rotatable bonds is 1. The molecule has 2 atom stereocenters. The average molecular weight is 380 g/mol. The van der Waals surface area contributed by atoms with E-state index in [4.69, 9.17) is 4.98 Å². The summed E-state index contributed by atoms with van der Waals surface area (Å²) in [5, 5.41) is 0. The minimum absolute atomic E-state index is 0.216. The molecule has 148 valence electrons. The van der Waals surface area contributed by atoms with Crippen molar-refractivity contribution in [2.75, 3.05) is 26.2 Å². The van der Waals surface area contributed by atoms with E-state index < -0.39 is 0 Å². The van der Waals surface area contributed by atoms with Crippen LogP contribution in [0.4, 0.5) is 4.79 Å². The summed E-state index contributed by atoms with van der Waals surface area (Å²) in [5.74, 6) is 1.76. The maximum absolute atomic E-state index is 13.2. The lowest BCUT2D eigenvalue weighted by Gasteiger charge is -2.39. The van der Waals surface area contributed by atoms with Gasteiger partial charge in [0.1, 0.15) is 5.82 Å². The van der Waals surface area contributed by atoms with Gasteiger partial charge in [0.25, 0.3) is 0 Å². The SMILES string of the molecule is C[C@@H]1CCN(C(=O)N2CCCCCC2)C[C@@H]1c1ncc2cnc3[nH]ccc3n12. The van der Waals surface area contributed by atoms with Crippen LogP contribution in [-0.2, 0) is 0 Å². The molecule has 2 saturated heterocycles. The molecule has 28 heavy (non-hydrogen) atoms. The number of hydrogen-bond donors (Lipinski definition) is 1. The van der Waals surface area contributed by atoms with Crippen LogP contribution in [0.15, 0.2) is 24.7 Å². The lowest BCUT2D eigenvalue weighted by Crippen LogP contribution is -2.49. The van der Waals surface area contributed by atoms with Crippen LogP contribution >= 0.6 is 0 Å². The highest BCUT2D eigenvalue weighted by Crippen LogP contribution is 2.33. The molecule has 2 fully saturated rings. The number of hydrogen-bond acceptors (Lipinski definition) is 3. The second-order valence-electron chi connectivity index (χ2n) is 8.35. The van der Waals surface area contributed by atoms with Crippen molar-refractivity contribution in [2.45, 2.75) is 44.9 Å². The Hall–Kier alpha value is -2.57. The zero-order valence-corrected chi connectivity index (χ0v) is 16.5. The normalized spacial score (nSPS) is 24.0. The van der Waals surface area contributed by atoms with Crippen LogP contribution in [0, 0.1) is 5.92 Å². The number of nitrogens with one attached hydrogen (secondary N) is 1. The molecule has 3 aromatic rings. The molecule has 3 aromatic heterocycles. The fourth-order valence-corrected chi connectivity index (χ4v) is 4.80. The summed E-state index contributed by atoms with van der Waals surface area (Å²) < 4.78 is 2.21. The number of H-pyrrole nitrogens is 1. The third-order valence-electron chi connectivity index (χ3n) is 6.52. The van der Waals surface area contributed by atoms with Gasteiger partial charge >= 0.3 is 6.03 Å². The van der Waals surface area contributed by atoms with Crippen molar-refractivity contribution >= 4 is 22.7 Å². The molecule has 7 nitrogen and oxygen atoms in total. The number of carbonyl (C=O) groups excluding carboxylic acids is 1. The first-order chi connectivity index (χ1) is 13.7. The number of carbonyl (C=O) groups is 1. The zero-order valence-electron chi connectivity index (χ0n) is 16.5. The molecule has 0 bridgehead atoms. The van der Waals surface area contributed by atoms with E-state index in [9.17, 15) is 4.79 Å². The second-order valence-corrected chi connectivity index (χ2v) is 8.35. The van der Waals surface area contributed by atoms with Crippen LogP contribution in [0.1, 0.15) is 50.8 Å². The van der Waals surface area contributed by atoms with Gasteiger partial charge in [-0.1, -0.05) is 19.8 Å². The van der Waals surface area contributed by atoms with Crippen LogP contribution < -0.4 is 0 Å². The molecule has 2 aliphatic rings. The van der Waals surface area contributed by atoms with E-state index in [0.29, 0.717) is 5.92 Å². The number of aromatic nitrogens is 4. The number of urea groups is 1. The molecule has 7 heteroatoms. The molecule has 0 saturated carbocycles. The number of likely N-dealkylation sites (tertiary alicyclic amines) is 2. The van der Waals surface area contributed by atoms with E-state index in [-0.39, 0.29) is 11.9 Å². The van der Waals surface area contributed by atoms with Crippen molar-refractivity contribution in [3.8, 4) is 0 Å². The highest BCUT2D eigenvalue weighted by Gasteiger charge is 2.34. The molecule has 0 unspecified atom stereocenters. The highest BCUT2D eigenvalue weighted by atomic mass is 16.2. The Morgan fingerprint density at radius 2 is 1.86 bits per heavy atom. The number of fused-ring (bicyclic) bond motifs is 3. The predicted molar refractivity (Wildman–Crippen MR) is 108 cm³/mol. The number of aromatic amines is 1. The number of imidazole rings is 1. The molecule has 0 aliphatic carbocycles. The first-order valence-electron chi connectivity index (χ1n) is 10.6. The largest absolute Gasteiger partial charge is 0.345 e. The van der Waals surface area contributed by atoms with Crippen molar-refractivity contribution < 1.29 is 4.79 Å². The molecule has 5 heterocycles. The summed E-state index contributed by atoms with van der Waals surface area (Å²) in [6.07, 6.45) is 11.4. The Kier molecular flexibility index (Phi) is 4.45. The van der Waals surface area contributed by atoms with Crippen LogP contribution in [0.25, 0.3) is 16.7 Å². The highest BCUT2D eigenvalue weighted by molar-refractivity contribution is 5.76. The maximum Gasteiger partial charge on any atom is 0.320 e. The average Bonchev–Trinajstić information content (AvgIpc) is 3.26. The summed E-state index contributed by atoms with van der Waals surface area (Å²) in [7, 11) is 0. The van der Waals surface area contributed by atoms with Gasteiger partial charge in [-0.15, -0.1) is 0 Å². The van der Waals surface area contributed by atoms with Crippen LogP contribution in [-0.4, -0.2) is 61.4 Å². The topological polar surface area (TPSA) is 69.5 Å². The van der Waals surface area contributed by atoms with E-state index in [2.05, 4.69) is 31.1 Å². The van der Waals surface area contributed by atoms with Gasteiger partial charge in [0.2, 0.25) is 0 Å². The minimum atomic E-state index is 0.216. The molecule has 0 spiro atoms. The Balaban J connectivity index is 1.45. The van der Waals surface area contributed by atoms with Gasteiger partial charge < -0.3 is 14.8 Å². The molecule has 0 aromatic carbocycles. The number of amides is 2. The molecule has 0 radical (unpaired) electrons. The van der Waals surface area contributed by atoms with Crippen molar-refractivity contribution in [1.29, 1.82) is 0 Å². The monoisotopic (exact) mass is 380 g/mol. The quantitative estimate of drug-likeness (QED) is 0.701. The van der Waals surface area contributed by atoms with Gasteiger partial charge in [0, 0.05) is 38.3 Å². The fourth-order valence-electron chi connectivity index (χ4n) is 4.80. The molecule has 1 N–H and O–H groups in total. The van der Waals surface area contributed by atoms with Gasteiger partial charge in [-0.3, -0.25) is 4.40 Å². The summed E-state index contributed by atoms with van der Waals surface area (Å²) in [4.78, 5) is 29.7. The fraction of sp³-hybridized carbons (Fsp3) is 0.571. The van der Waals surface area contributed by atoms with Crippen molar-refractivity contribution in [3.05, 3.63) is 30.5 Å². The standard InChI is InChI=1S/C21H28N6O/c1-15-7-11-26(21(28)25-9-4-2-3-5-10-25)14-17(15)20-24-13-16-12-23-19-18(27(16)20)6-8-22-19/h6,8,12-13,15,17,22H,2-5,7,9-11,14H2,1H3/t15-,17+/m1/s1. The second kappa shape index (κ2) is 7.11. The maximum atomic E-state index is 13.2. The van der Waals surface area contributed by atoms with E-state index in [1.807, 2.05) is 24.7 Å². The van der Waals surface area contributed by atoms with Crippen LogP contribution in [0.3, 0.4) is 0 Å². The van der Waals surface area contributed by atoms with Gasteiger partial charge in [-0.05, 0) is 31.2 Å². The van der Waals surface area contributed by atoms with Crippen molar-refractivity contribution in [1.82, 2.24) is 29.2 Å². The van der Waals surface area contributed by atoms with Crippen LogP contribution in [0.2, 0.25) is 0 Å². The lowest BCUT2D eigenvalue weighted by molar-refractivity contribution is 0.125. The number of nitrogens with zero attached hydrogens (tertiary/aromatic N) is 5. The Bertz CT molecular complexity index is 983. The van der Waals surface area contributed by atoms with Crippen molar-refractivity contribution in [2.24, 2.45) is 5.92 Å². The predicted octanol–water partition coefficient (Wildman–Crippen LogP) is 3.63. The lowest BCUT2D eigenvalue weighted by atomic mass is 9.86. The molecular formula is C21H28N6O. The van der Waals surface area contributed by atoms with Gasteiger partial charge in [0.15, 0.2) is 5.65 Å². The third-order valence-corrected chi connectivity index (χ3v) is 6.52. The first-order valence-corrected chi connectivity index (χ1v) is 10.6. The smallest absolute Gasteiger partial charge is 0.320 e. The summed E-state index contributed by atoms with van der Waals surface area (Å²) in [5.41, 5.74) is 2.92. The van der Waals surface area contributed by atoms with Gasteiger partial charge in [-0.2, -0.15) is 0 Å². The Morgan fingerprint density at radius 3 is 2.68 bits per heavy atom. The third kappa shape index (κ3) is 2.93. The van der Waals surface area contributed by atoms with E-state index >= 15 is 0 Å². The Labute approximate surface area is 164 Å².